The molecule has 0 aliphatic heterocycles. The predicted octanol–water partition coefficient (Wildman–Crippen LogP) is 3.51. The lowest BCUT2D eigenvalue weighted by Gasteiger charge is -2.29. The predicted molar refractivity (Wildman–Crippen MR) is 89.4 cm³/mol. The molecule has 1 saturated carbocycles. The van der Waals surface area contributed by atoms with Crippen molar-refractivity contribution in [3.63, 3.8) is 0 Å². The monoisotopic (exact) mass is 401 g/mol. The molecule has 0 heterocycles. The molecule has 0 saturated heterocycles. The maximum Gasteiger partial charge on any atom is 0.329 e. The maximum atomic E-state index is 12.5. The van der Waals surface area contributed by atoms with Crippen LogP contribution in [0.4, 0.5) is 0 Å². The smallest absolute Gasteiger partial charge is 0.329 e. The van der Waals surface area contributed by atoms with Crippen LogP contribution in [0.3, 0.4) is 0 Å². The van der Waals surface area contributed by atoms with Gasteiger partial charge in [0.25, 0.3) is 5.91 Å². The fraction of sp³-hybridized carbons (Fsp3) is 0.500. The number of halogens is 1. The lowest BCUT2D eigenvalue weighted by Crippen LogP contribution is -2.54. The molecule has 4 nitrogen and oxygen atoms in total. The van der Waals surface area contributed by atoms with Crippen molar-refractivity contribution >= 4 is 34.5 Å². The normalized spacial score (nSPS) is 17.8. The zero-order valence-electron chi connectivity index (χ0n) is 12.1. The van der Waals surface area contributed by atoms with E-state index in [1.807, 2.05) is 19.1 Å². The Morgan fingerprint density at radius 2 is 1.81 bits per heavy atom. The summed E-state index contributed by atoms with van der Waals surface area (Å²) in [5.41, 5.74) is 0.467. The summed E-state index contributed by atoms with van der Waals surface area (Å²) in [4.78, 5) is 24.3. The number of aliphatic carboxylic acids is 1. The lowest BCUT2D eigenvalue weighted by atomic mass is 9.89. The van der Waals surface area contributed by atoms with Gasteiger partial charge < -0.3 is 10.4 Å². The minimum Gasteiger partial charge on any atom is -0.480 e. The fourth-order valence-corrected chi connectivity index (χ4v) is 3.44. The lowest BCUT2D eigenvalue weighted by molar-refractivity contribution is -0.145. The van der Waals surface area contributed by atoms with Crippen LogP contribution in [-0.4, -0.2) is 22.5 Å². The number of carbonyl (C=O) groups excluding carboxylic acids is 1. The van der Waals surface area contributed by atoms with E-state index in [-0.39, 0.29) is 5.91 Å². The highest BCUT2D eigenvalue weighted by Gasteiger charge is 2.40. The highest BCUT2D eigenvalue weighted by atomic mass is 127. The molecule has 5 heteroatoms. The van der Waals surface area contributed by atoms with Crippen molar-refractivity contribution in [2.45, 2.75) is 51.0 Å². The van der Waals surface area contributed by atoms with Crippen molar-refractivity contribution in [1.29, 1.82) is 0 Å². The molecule has 21 heavy (non-hydrogen) atoms. The van der Waals surface area contributed by atoms with Crippen LogP contribution >= 0.6 is 22.6 Å². The van der Waals surface area contributed by atoms with Gasteiger partial charge in [0, 0.05) is 3.57 Å². The molecule has 1 aliphatic rings. The summed E-state index contributed by atoms with van der Waals surface area (Å²) in [5.74, 6) is -1.20. The Morgan fingerprint density at radius 1 is 1.19 bits per heavy atom. The molecule has 1 amide bonds. The molecule has 0 radical (unpaired) electrons. The van der Waals surface area contributed by atoms with Crippen LogP contribution in [0.15, 0.2) is 18.2 Å². The van der Waals surface area contributed by atoms with Gasteiger partial charge in [-0.2, -0.15) is 0 Å². The van der Waals surface area contributed by atoms with Crippen LogP contribution in [0.5, 0.6) is 0 Å². The van der Waals surface area contributed by atoms with Crippen LogP contribution in [0.25, 0.3) is 0 Å². The SMILES string of the molecule is Cc1cccc(C(=O)NC2(C(=O)O)CCCCCC2)c1I. The van der Waals surface area contributed by atoms with Crippen LogP contribution in [0.1, 0.15) is 54.4 Å². The second kappa shape index (κ2) is 6.77. The average Bonchev–Trinajstić information content (AvgIpc) is 2.68. The topological polar surface area (TPSA) is 66.4 Å². The molecule has 0 aromatic heterocycles. The molecule has 0 unspecified atom stereocenters. The molecule has 1 aliphatic carbocycles. The van der Waals surface area contributed by atoms with Gasteiger partial charge in [-0.15, -0.1) is 0 Å². The Morgan fingerprint density at radius 3 is 2.38 bits per heavy atom. The van der Waals surface area contributed by atoms with Crippen LogP contribution in [-0.2, 0) is 4.79 Å². The van der Waals surface area contributed by atoms with Crippen molar-refractivity contribution < 1.29 is 14.7 Å². The average molecular weight is 401 g/mol. The minimum atomic E-state index is -1.11. The Hall–Kier alpha value is -1.11. The van der Waals surface area contributed by atoms with Crippen LogP contribution in [0, 0.1) is 10.5 Å². The van der Waals surface area contributed by atoms with Gasteiger partial charge in [0.15, 0.2) is 0 Å². The number of carboxylic acid groups (broad SMARTS) is 1. The van der Waals surface area contributed by atoms with E-state index < -0.39 is 11.5 Å². The van der Waals surface area contributed by atoms with Gasteiger partial charge >= 0.3 is 5.97 Å². The molecular weight excluding hydrogens is 381 g/mol. The zero-order valence-corrected chi connectivity index (χ0v) is 14.3. The number of nitrogens with one attached hydrogen (secondary N) is 1. The molecule has 0 spiro atoms. The molecule has 0 atom stereocenters. The van der Waals surface area contributed by atoms with E-state index >= 15 is 0 Å². The van der Waals surface area contributed by atoms with Gasteiger partial charge in [-0.05, 0) is 54.0 Å². The summed E-state index contributed by atoms with van der Waals surface area (Å²) in [6.45, 7) is 1.94. The van der Waals surface area contributed by atoms with Crippen LogP contribution in [0.2, 0.25) is 0 Å². The number of aryl methyl sites for hydroxylation is 1. The third-order valence-corrected chi connectivity index (χ3v) is 5.59. The number of hydrogen-bond donors (Lipinski definition) is 2. The minimum absolute atomic E-state index is 0.285. The highest BCUT2D eigenvalue weighted by molar-refractivity contribution is 14.1. The Balaban J connectivity index is 2.26. The van der Waals surface area contributed by atoms with E-state index in [4.69, 9.17) is 0 Å². The molecule has 1 fully saturated rings. The number of rotatable bonds is 3. The van der Waals surface area contributed by atoms with E-state index in [9.17, 15) is 14.7 Å². The van der Waals surface area contributed by atoms with Gasteiger partial charge in [0.2, 0.25) is 0 Å². The summed E-state index contributed by atoms with van der Waals surface area (Å²) in [6, 6.07) is 5.51. The van der Waals surface area contributed by atoms with Gasteiger partial charge in [-0.1, -0.05) is 37.8 Å². The summed E-state index contributed by atoms with van der Waals surface area (Å²) < 4.78 is 0.877. The maximum absolute atomic E-state index is 12.5. The van der Waals surface area contributed by atoms with Crippen molar-refractivity contribution in [2.75, 3.05) is 0 Å². The van der Waals surface area contributed by atoms with Gasteiger partial charge in [-0.3, -0.25) is 4.79 Å². The van der Waals surface area contributed by atoms with E-state index in [0.717, 1.165) is 34.8 Å². The van der Waals surface area contributed by atoms with Crippen molar-refractivity contribution in [3.05, 3.63) is 32.9 Å². The zero-order chi connectivity index (χ0) is 15.5. The summed E-state index contributed by atoms with van der Waals surface area (Å²) in [7, 11) is 0. The summed E-state index contributed by atoms with van der Waals surface area (Å²) in [6.07, 6.45) is 4.78. The molecule has 1 aromatic carbocycles. The van der Waals surface area contributed by atoms with E-state index in [2.05, 4.69) is 27.9 Å². The van der Waals surface area contributed by atoms with Crippen molar-refractivity contribution in [1.82, 2.24) is 5.32 Å². The Bertz CT molecular complexity index is 548. The second-order valence-corrected chi connectivity index (χ2v) is 6.77. The molecule has 1 aromatic rings. The van der Waals surface area contributed by atoms with E-state index in [0.29, 0.717) is 18.4 Å². The van der Waals surface area contributed by atoms with Gasteiger partial charge in [-0.25, -0.2) is 4.79 Å². The first-order valence-corrected chi connectivity index (χ1v) is 8.35. The fourth-order valence-electron chi connectivity index (χ4n) is 2.83. The van der Waals surface area contributed by atoms with E-state index in [1.54, 1.807) is 6.07 Å². The molecular formula is C16H20INO3. The summed E-state index contributed by atoms with van der Waals surface area (Å²) >= 11 is 2.14. The number of carboxylic acids is 1. The number of carbonyl (C=O) groups is 2. The number of hydrogen-bond acceptors (Lipinski definition) is 2. The molecule has 2 N–H and O–H groups in total. The number of benzene rings is 1. The number of amides is 1. The standard InChI is InChI=1S/C16H20INO3/c1-11-7-6-8-12(13(11)17)14(19)18-16(15(20)21)9-4-2-3-5-10-16/h6-8H,2-5,9-10H2,1H3,(H,18,19)(H,20,21). The Kier molecular flexibility index (Phi) is 5.24. The molecule has 2 rings (SSSR count). The molecule has 114 valence electrons. The third-order valence-electron chi connectivity index (χ3n) is 4.16. The second-order valence-electron chi connectivity index (χ2n) is 5.69. The van der Waals surface area contributed by atoms with Crippen LogP contribution < -0.4 is 5.32 Å². The Labute approximate surface area is 138 Å². The van der Waals surface area contributed by atoms with Gasteiger partial charge in [0.1, 0.15) is 5.54 Å². The first-order valence-electron chi connectivity index (χ1n) is 7.27. The largest absolute Gasteiger partial charge is 0.480 e. The third kappa shape index (κ3) is 3.56. The van der Waals surface area contributed by atoms with Crippen molar-refractivity contribution in [2.24, 2.45) is 0 Å². The summed E-state index contributed by atoms with van der Waals surface area (Å²) in [5, 5.41) is 12.4. The van der Waals surface area contributed by atoms with Crippen molar-refractivity contribution in [3.8, 4) is 0 Å². The van der Waals surface area contributed by atoms with E-state index in [1.165, 1.54) is 0 Å². The quantitative estimate of drug-likeness (QED) is 0.602. The molecule has 0 bridgehead atoms. The first kappa shape index (κ1) is 16.3. The first-order chi connectivity index (χ1) is 9.96. The highest BCUT2D eigenvalue weighted by Crippen LogP contribution is 2.28. The van der Waals surface area contributed by atoms with Gasteiger partial charge in [0.05, 0.1) is 5.56 Å².